The number of hydrogen-bond donors (Lipinski definition) is 1. The average molecular weight is 222 g/mol. The zero-order valence-electron chi connectivity index (χ0n) is 9.37. The van der Waals surface area contributed by atoms with Gasteiger partial charge in [0.05, 0.1) is 7.11 Å². The molecule has 0 atom stereocenters. The van der Waals surface area contributed by atoms with E-state index in [1.54, 1.807) is 0 Å². The van der Waals surface area contributed by atoms with Gasteiger partial charge in [-0.15, -0.1) is 0 Å². The largest absolute Gasteiger partial charge is 0.465 e. The maximum absolute atomic E-state index is 11.6. The molecule has 1 aromatic heterocycles. The van der Waals surface area contributed by atoms with Crippen LogP contribution in [0.3, 0.4) is 0 Å². The van der Waals surface area contributed by atoms with Crippen molar-refractivity contribution < 1.29 is 9.53 Å². The van der Waals surface area contributed by atoms with Gasteiger partial charge in [-0.2, -0.15) is 0 Å². The molecule has 5 heteroatoms. The highest BCUT2D eigenvalue weighted by Gasteiger charge is 2.36. The van der Waals surface area contributed by atoms with Gasteiger partial charge in [-0.3, -0.25) is 4.79 Å². The Morgan fingerprint density at radius 1 is 1.56 bits per heavy atom. The second-order valence-corrected chi connectivity index (χ2v) is 4.38. The average Bonchev–Trinajstić information content (AvgIpc) is 2.24. The van der Waals surface area contributed by atoms with Crippen LogP contribution < -0.4 is 5.56 Å². The quantitative estimate of drug-likeness (QED) is 0.757. The van der Waals surface area contributed by atoms with E-state index in [2.05, 4.69) is 21.6 Å². The van der Waals surface area contributed by atoms with Crippen molar-refractivity contribution >= 4 is 5.97 Å². The van der Waals surface area contributed by atoms with Gasteiger partial charge in [0.2, 0.25) is 0 Å². The molecule has 0 amide bonds. The molecule has 86 valence electrons. The topological polar surface area (TPSA) is 72.0 Å². The molecule has 0 aromatic carbocycles. The highest BCUT2D eigenvalue weighted by Crippen LogP contribution is 2.40. The van der Waals surface area contributed by atoms with Crippen LogP contribution in [0.1, 0.15) is 42.4 Å². The van der Waals surface area contributed by atoms with Crippen LogP contribution in [0.5, 0.6) is 0 Å². The summed E-state index contributed by atoms with van der Waals surface area (Å²) in [7, 11) is 1.24. The first kappa shape index (κ1) is 10.9. The lowest BCUT2D eigenvalue weighted by Crippen LogP contribution is -2.35. The first-order valence-corrected chi connectivity index (χ1v) is 5.25. The van der Waals surface area contributed by atoms with E-state index < -0.39 is 11.5 Å². The van der Waals surface area contributed by atoms with Gasteiger partial charge in [-0.25, -0.2) is 9.78 Å². The van der Waals surface area contributed by atoms with Gasteiger partial charge in [0.1, 0.15) is 11.4 Å². The van der Waals surface area contributed by atoms with E-state index in [0.717, 1.165) is 19.3 Å². The standard InChI is InChI=1S/C11H14N2O3/c1-11(4-3-5-11)10-12-6-7(8(14)13-10)9(15)16-2/h6H,3-5H2,1-2H3,(H,12,13,14). The van der Waals surface area contributed by atoms with E-state index in [4.69, 9.17) is 0 Å². The van der Waals surface area contributed by atoms with Crippen LogP contribution in [0.25, 0.3) is 0 Å². The van der Waals surface area contributed by atoms with Gasteiger partial charge >= 0.3 is 5.97 Å². The smallest absolute Gasteiger partial charge is 0.345 e. The fourth-order valence-electron chi connectivity index (χ4n) is 1.90. The van der Waals surface area contributed by atoms with E-state index in [1.165, 1.54) is 13.3 Å². The number of hydrogen-bond acceptors (Lipinski definition) is 4. The molecule has 0 spiro atoms. The molecule has 1 saturated carbocycles. The SMILES string of the molecule is COC(=O)c1cnc(C2(C)CCC2)[nH]c1=O. The Labute approximate surface area is 92.9 Å². The number of ether oxygens (including phenoxy) is 1. The summed E-state index contributed by atoms with van der Waals surface area (Å²) in [6.07, 6.45) is 4.49. The molecular formula is C11H14N2O3. The lowest BCUT2D eigenvalue weighted by Gasteiger charge is -2.36. The van der Waals surface area contributed by atoms with Crippen LogP contribution >= 0.6 is 0 Å². The summed E-state index contributed by atoms with van der Waals surface area (Å²) in [4.78, 5) is 29.6. The lowest BCUT2D eigenvalue weighted by molar-refractivity contribution is 0.0597. The van der Waals surface area contributed by atoms with E-state index in [0.29, 0.717) is 5.82 Å². The van der Waals surface area contributed by atoms with Crippen LogP contribution in [-0.2, 0) is 10.2 Å². The maximum atomic E-state index is 11.6. The van der Waals surface area contributed by atoms with Crippen LogP contribution in [0.2, 0.25) is 0 Å². The molecule has 0 saturated heterocycles. The van der Waals surface area contributed by atoms with Crippen molar-refractivity contribution in [1.82, 2.24) is 9.97 Å². The number of nitrogens with zero attached hydrogens (tertiary/aromatic N) is 1. The predicted molar refractivity (Wildman–Crippen MR) is 57.4 cm³/mol. The minimum absolute atomic E-state index is 0.0339. The first-order chi connectivity index (χ1) is 7.57. The lowest BCUT2D eigenvalue weighted by atomic mass is 9.70. The fourth-order valence-corrected chi connectivity index (χ4v) is 1.90. The second-order valence-electron chi connectivity index (χ2n) is 4.38. The molecule has 1 heterocycles. The van der Waals surface area contributed by atoms with E-state index in [1.807, 2.05) is 0 Å². The second kappa shape index (κ2) is 3.73. The van der Waals surface area contributed by atoms with Gasteiger partial charge in [0, 0.05) is 11.6 Å². The number of esters is 1. The zero-order chi connectivity index (χ0) is 11.8. The maximum Gasteiger partial charge on any atom is 0.345 e. The molecule has 1 aliphatic rings. The number of rotatable bonds is 2. The third-order valence-corrected chi connectivity index (χ3v) is 3.23. The molecular weight excluding hydrogens is 208 g/mol. The monoisotopic (exact) mass is 222 g/mol. The van der Waals surface area contributed by atoms with E-state index in [9.17, 15) is 9.59 Å². The third kappa shape index (κ3) is 1.62. The minimum atomic E-state index is -0.654. The summed E-state index contributed by atoms with van der Waals surface area (Å²) < 4.78 is 4.48. The van der Waals surface area contributed by atoms with Crippen molar-refractivity contribution in [1.29, 1.82) is 0 Å². The van der Waals surface area contributed by atoms with Crippen molar-refractivity contribution in [2.45, 2.75) is 31.6 Å². The number of aromatic nitrogens is 2. The molecule has 5 nitrogen and oxygen atoms in total. The summed E-state index contributed by atoms with van der Waals surface area (Å²) in [6, 6.07) is 0. The van der Waals surface area contributed by atoms with Crippen molar-refractivity contribution in [2.24, 2.45) is 0 Å². The first-order valence-electron chi connectivity index (χ1n) is 5.25. The molecule has 16 heavy (non-hydrogen) atoms. The summed E-state index contributed by atoms with van der Waals surface area (Å²) in [5.41, 5.74) is -0.507. The summed E-state index contributed by atoms with van der Waals surface area (Å²) >= 11 is 0. The number of H-pyrrole nitrogens is 1. The summed E-state index contributed by atoms with van der Waals surface area (Å²) in [5, 5.41) is 0. The Balaban J connectivity index is 2.37. The Bertz CT molecular complexity index is 474. The van der Waals surface area contributed by atoms with Crippen LogP contribution in [-0.4, -0.2) is 23.0 Å². The Morgan fingerprint density at radius 2 is 2.25 bits per heavy atom. The predicted octanol–water partition coefficient (Wildman–Crippen LogP) is 0.998. The van der Waals surface area contributed by atoms with Gasteiger partial charge in [-0.05, 0) is 12.8 Å². The molecule has 1 N–H and O–H groups in total. The number of methoxy groups -OCH3 is 1. The summed E-state index contributed by atoms with van der Waals surface area (Å²) in [5.74, 6) is 0.00969. The highest BCUT2D eigenvalue weighted by molar-refractivity contribution is 5.88. The van der Waals surface area contributed by atoms with Crippen LogP contribution in [0, 0.1) is 0 Å². The third-order valence-electron chi connectivity index (χ3n) is 3.23. The Hall–Kier alpha value is -1.65. The molecule has 0 bridgehead atoms. The van der Waals surface area contributed by atoms with Crippen molar-refractivity contribution in [3.63, 3.8) is 0 Å². The molecule has 0 aliphatic heterocycles. The van der Waals surface area contributed by atoms with Crippen LogP contribution in [0.4, 0.5) is 0 Å². The Kier molecular flexibility index (Phi) is 2.53. The minimum Gasteiger partial charge on any atom is -0.465 e. The van der Waals surface area contributed by atoms with Gasteiger partial charge in [0.25, 0.3) is 5.56 Å². The number of carbonyl (C=O) groups excluding carboxylic acids is 1. The Morgan fingerprint density at radius 3 is 2.69 bits per heavy atom. The molecule has 1 aliphatic carbocycles. The molecule has 0 unspecified atom stereocenters. The molecule has 0 radical (unpaired) electrons. The molecule has 2 rings (SSSR count). The number of aromatic amines is 1. The molecule has 1 aromatic rings. The number of carbonyl (C=O) groups is 1. The van der Waals surface area contributed by atoms with Gasteiger partial charge in [0.15, 0.2) is 0 Å². The van der Waals surface area contributed by atoms with Crippen molar-refractivity contribution in [2.75, 3.05) is 7.11 Å². The fraction of sp³-hybridized carbons (Fsp3) is 0.545. The normalized spacial score (nSPS) is 17.6. The van der Waals surface area contributed by atoms with Crippen LogP contribution in [0.15, 0.2) is 11.0 Å². The van der Waals surface area contributed by atoms with E-state index in [-0.39, 0.29) is 11.0 Å². The van der Waals surface area contributed by atoms with Gasteiger partial charge in [-0.1, -0.05) is 13.3 Å². The zero-order valence-corrected chi connectivity index (χ0v) is 9.37. The van der Waals surface area contributed by atoms with Crippen molar-refractivity contribution in [3.05, 3.63) is 27.9 Å². The highest BCUT2D eigenvalue weighted by atomic mass is 16.5. The number of nitrogens with one attached hydrogen (secondary N) is 1. The molecule has 1 fully saturated rings. The van der Waals surface area contributed by atoms with Gasteiger partial charge < -0.3 is 9.72 Å². The van der Waals surface area contributed by atoms with E-state index >= 15 is 0 Å². The summed E-state index contributed by atoms with van der Waals surface area (Å²) in [6.45, 7) is 2.06. The van der Waals surface area contributed by atoms with Crippen molar-refractivity contribution in [3.8, 4) is 0 Å².